The number of rotatable bonds is 3. The van der Waals surface area contributed by atoms with Gasteiger partial charge in [-0.25, -0.2) is 4.98 Å². The SMILES string of the molecule is CC(Cl)c1nc2cc(I)ccc2n1C(C)c1ccccn1. The molecule has 0 bridgehead atoms. The topological polar surface area (TPSA) is 30.7 Å². The zero-order valence-corrected chi connectivity index (χ0v) is 14.7. The molecule has 2 unspecified atom stereocenters. The van der Waals surface area contributed by atoms with Gasteiger partial charge in [-0.1, -0.05) is 6.07 Å². The molecule has 21 heavy (non-hydrogen) atoms. The Balaban J connectivity index is 2.22. The van der Waals surface area contributed by atoms with Crippen LogP contribution in [0.25, 0.3) is 11.0 Å². The summed E-state index contributed by atoms with van der Waals surface area (Å²) in [5.41, 5.74) is 3.08. The van der Waals surface area contributed by atoms with Crippen LogP contribution >= 0.6 is 34.2 Å². The van der Waals surface area contributed by atoms with Gasteiger partial charge in [0.15, 0.2) is 0 Å². The number of halogens is 2. The highest BCUT2D eigenvalue weighted by Crippen LogP contribution is 2.30. The van der Waals surface area contributed by atoms with Gasteiger partial charge in [-0.2, -0.15) is 0 Å². The van der Waals surface area contributed by atoms with Crippen LogP contribution in [0.4, 0.5) is 0 Å². The van der Waals surface area contributed by atoms with E-state index in [2.05, 4.69) is 57.3 Å². The Morgan fingerprint density at radius 1 is 1.19 bits per heavy atom. The highest BCUT2D eigenvalue weighted by molar-refractivity contribution is 14.1. The van der Waals surface area contributed by atoms with Crippen molar-refractivity contribution in [1.29, 1.82) is 0 Å². The van der Waals surface area contributed by atoms with Crippen LogP contribution in [0, 0.1) is 3.57 Å². The quantitative estimate of drug-likeness (QED) is 0.451. The number of nitrogens with zero attached hydrogens (tertiary/aromatic N) is 3. The van der Waals surface area contributed by atoms with E-state index in [-0.39, 0.29) is 11.4 Å². The first-order valence-electron chi connectivity index (χ1n) is 6.80. The molecule has 5 heteroatoms. The van der Waals surface area contributed by atoms with Gasteiger partial charge in [0, 0.05) is 9.77 Å². The Morgan fingerprint density at radius 2 is 2.00 bits per heavy atom. The van der Waals surface area contributed by atoms with Crippen LogP contribution in [0.15, 0.2) is 42.6 Å². The molecule has 1 aromatic carbocycles. The molecule has 2 heterocycles. The van der Waals surface area contributed by atoms with Crippen LogP contribution in [0.3, 0.4) is 0 Å². The van der Waals surface area contributed by atoms with Gasteiger partial charge in [-0.3, -0.25) is 4.98 Å². The molecule has 0 aliphatic carbocycles. The van der Waals surface area contributed by atoms with E-state index in [1.165, 1.54) is 3.57 Å². The van der Waals surface area contributed by atoms with Crippen molar-refractivity contribution in [2.75, 3.05) is 0 Å². The first-order chi connectivity index (χ1) is 10.1. The fourth-order valence-electron chi connectivity index (χ4n) is 2.53. The smallest absolute Gasteiger partial charge is 0.128 e. The number of fused-ring (bicyclic) bond motifs is 1. The molecule has 0 spiro atoms. The third-order valence-electron chi connectivity index (χ3n) is 3.54. The lowest BCUT2D eigenvalue weighted by atomic mass is 10.2. The molecular formula is C16H15ClIN3. The molecule has 0 saturated heterocycles. The van der Waals surface area contributed by atoms with Crippen molar-refractivity contribution in [3.8, 4) is 0 Å². The second-order valence-electron chi connectivity index (χ2n) is 5.02. The van der Waals surface area contributed by atoms with Gasteiger partial charge in [0.25, 0.3) is 0 Å². The van der Waals surface area contributed by atoms with Crippen LogP contribution in [0.2, 0.25) is 0 Å². The van der Waals surface area contributed by atoms with E-state index in [0.717, 1.165) is 22.6 Å². The number of pyridine rings is 1. The van der Waals surface area contributed by atoms with Crippen molar-refractivity contribution < 1.29 is 0 Å². The molecule has 2 aromatic heterocycles. The second-order valence-corrected chi connectivity index (χ2v) is 6.92. The van der Waals surface area contributed by atoms with Gasteiger partial charge in [0.2, 0.25) is 0 Å². The van der Waals surface area contributed by atoms with Crippen LogP contribution < -0.4 is 0 Å². The van der Waals surface area contributed by atoms with Crippen molar-refractivity contribution in [3.05, 3.63) is 57.7 Å². The van der Waals surface area contributed by atoms with Crippen LogP contribution in [-0.4, -0.2) is 14.5 Å². The third-order valence-corrected chi connectivity index (χ3v) is 4.40. The van der Waals surface area contributed by atoms with Crippen molar-refractivity contribution >= 4 is 45.2 Å². The predicted octanol–water partition coefficient (Wildman–Crippen LogP) is 4.95. The number of alkyl halides is 1. The lowest BCUT2D eigenvalue weighted by Gasteiger charge is -2.18. The van der Waals surface area contributed by atoms with Gasteiger partial charge in [0.05, 0.1) is 28.1 Å². The Bertz CT molecular complexity index is 768. The second kappa shape index (κ2) is 5.93. The molecule has 0 amide bonds. The highest BCUT2D eigenvalue weighted by atomic mass is 127. The minimum atomic E-state index is -0.152. The molecule has 0 aliphatic rings. The van der Waals surface area contributed by atoms with Gasteiger partial charge in [-0.15, -0.1) is 11.6 Å². The van der Waals surface area contributed by atoms with Gasteiger partial charge < -0.3 is 4.57 Å². The van der Waals surface area contributed by atoms with Gasteiger partial charge in [0.1, 0.15) is 5.82 Å². The lowest BCUT2D eigenvalue weighted by molar-refractivity contribution is 0.603. The maximum absolute atomic E-state index is 6.35. The van der Waals surface area contributed by atoms with E-state index in [0.29, 0.717) is 0 Å². The number of benzene rings is 1. The van der Waals surface area contributed by atoms with Gasteiger partial charge in [-0.05, 0) is 66.8 Å². The summed E-state index contributed by atoms with van der Waals surface area (Å²) in [5.74, 6) is 0.881. The standard InChI is InChI=1S/C16H15ClIN3/c1-10(17)16-20-14-9-12(18)6-7-15(14)21(16)11(2)13-5-3-4-8-19-13/h3-11H,1-2H3. The monoisotopic (exact) mass is 411 g/mol. The van der Waals surface area contributed by atoms with E-state index in [1.54, 1.807) is 0 Å². The average molecular weight is 412 g/mol. The molecule has 0 aliphatic heterocycles. The maximum atomic E-state index is 6.35. The van der Waals surface area contributed by atoms with Crippen molar-refractivity contribution in [1.82, 2.24) is 14.5 Å². The normalized spacial score (nSPS) is 14.3. The third kappa shape index (κ3) is 2.79. The van der Waals surface area contributed by atoms with Crippen molar-refractivity contribution in [2.45, 2.75) is 25.3 Å². The van der Waals surface area contributed by atoms with E-state index in [4.69, 9.17) is 16.6 Å². The van der Waals surface area contributed by atoms with Crippen LogP contribution in [0.1, 0.15) is 36.8 Å². The Labute approximate surface area is 142 Å². The fraction of sp³-hybridized carbons (Fsp3) is 0.250. The number of imidazole rings is 1. The first-order valence-corrected chi connectivity index (χ1v) is 8.32. The van der Waals surface area contributed by atoms with Crippen LogP contribution in [-0.2, 0) is 0 Å². The van der Waals surface area contributed by atoms with E-state index < -0.39 is 0 Å². The fourth-order valence-corrected chi connectivity index (χ4v) is 3.16. The molecule has 0 N–H and O–H groups in total. The summed E-state index contributed by atoms with van der Waals surface area (Å²) in [6.45, 7) is 4.08. The molecule has 2 atom stereocenters. The largest absolute Gasteiger partial charge is 0.318 e. The molecule has 0 radical (unpaired) electrons. The van der Waals surface area contributed by atoms with E-state index in [9.17, 15) is 0 Å². The van der Waals surface area contributed by atoms with E-state index >= 15 is 0 Å². The maximum Gasteiger partial charge on any atom is 0.128 e. The Hall–Kier alpha value is -1.14. The minimum Gasteiger partial charge on any atom is -0.318 e. The average Bonchev–Trinajstić information content (AvgIpc) is 2.86. The summed E-state index contributed by atoms with van der Waals surface area (Å²) in [4.78, 5) is 9.18. The Kier molecular flexibility index (Phi) is 4.17. The van der Waals surface area contributed by atoms with Crippen LogP contribution in [0.5, 0.6) is 0 Å². The number of hydrogen-bond donors (Lipinski definition) is 0. The highest BCUT2D eigenvalue weighted by Gasteiger charge is 2.20. The molecule has 0 fully saturated rings. The van der Waals surface area contributed by atoms with Crippen molar-refractivity contribution in [2.24, 2.45) is 0 Å². The zero-order valence-electron chi connectivity index (χ0n) is 11.8. The molecule has 3 aromatic rings. The summed E-state index contributed by atoms with van der Waals surface area (Å²) < 4.78 is 3.36. The number of hydrogen-bond acceptors (Lipinski definition) is 2. The Morgan fingerprint density at radius 3 is 2.67 bits per heavy atom. The molecule has 108 valence electrons. The summed E-state index contributed by atoms with van der Waals surface area (Å²) in [5, 5.41) is -0.152. The summed E-state index contributed by atoms with van der Waals surface area (Å²) in [7, 11) is 0. The first kappa shape index (κ1) is 14.8. The predicted molar refractivity (Wildman–Crippen MR) is 94.8 cm³/mol. The molecular weight excluding hydrogens is 397 g/mol. The summed E-state index contributed by atoms with van der Waals surface area (Å²) in [6, 6.07) is 12.3. The molecule has 3 nitrogen and oxygen atoms in total. The van der Waals surface area contributed by atoms with Crippen molar-refractivity contribution in [3.63, 3.8) is 0 Å². The number of aromatic nitrogens is 3. The molecule has 3 rings (SSSR count). The molecule has 0 saturated carbocycles. The van der Waals surface area contributed by atoms with E-state index in [1.807, 2.05) is 31.3 Å². The van der Waals surface area contributed by atoms with Gasteiger partial charge >= 0.3 is 0 Å². The summed E-state index contributed by atoms with van der Waals surface area (Å²) >= 11 is 8.65. The summed E-state index contributed by atoms with van der Waals surface area (Å²) in [6.07, 6.45) is 1.82. The lowest BCUT2D eigenvalue weighted by Crippen LogP contribution is -2.12. The minimum absolute atomic E-state index is 0.0902. The zero-order chi connectivity index (χ0) is 15.0.